The molecule has 1 N–H and O–H groups in total. The molecule has 3 aromatic rings. The zero-order valence-corrected chi connectivity index (χ0v) is 20.3. The van der Waals surface area contributed by atoms with Gasteiger partial charge >= 0.3 is 0 Å². The second-order valence-electron chi connectivity index (χ2n) is 8.58. The Hall–Kier alpha value is -2.71. The SMILES string of the molecule is Cc1cc(-c2sc(N3C[C@@H](C)O[C@@H](C)C3)nc2CNC(=O)c2cc(C)oc2C)cc(C)n1. The van der Waals surface area contributed by atoms with Crippen LogP contribution in [-0.4, -0.2) is 41.2 Å². The molecular formula is C24H30N4O3S. The van der Waals surface area contributed by atoms with Crippen LogP contribution in [0.1, 0.15) is 52.8 Å². The maximum atomic E-state index is 12.8. The van der Waals surface area contributed by atoms with Gasteiger partial charge in [-0.05, 0) is 65.3 Å². The molecule has 3 aromatic heterocycles. The van der Waals surface area contributed by atoms with Crippen molar-refractivity contribution in [3.63, 3.8) is 0 Å². The molecule has 170 valence electrons. The average Bonchev–Trinajstić information content (AvgIpc) is 3.27. The number of aromatic nitrogens is 2. The third kappa shape index (κ3) is 4.86. The van der Waals surface area contributed by atoms with Crippen LogP contribution in [0, 0.1) is 27.7 Å². The van der Waals surface area contributed by atoms with Crippen LogP contribution in [-0.2, 0) is 11.3 Å². The molecule has 8 heteroatoms. The van der Waals surface area contributed by atoms with Gasteiger partial charge in [0.05, 0.1) is 34.9 Å². The highest BCUT2D eigenvalue weighted by atomic mass is 32.1. The third-order valence-electron chi connectivity index (χ3n) is 5.42. The zero-order valence-electron chi connectivity index (χ0n) is 19.5. The van der Waals surface area contributed by atoms with E-state index in [0.717, 1.165) is 51.5 Å². The van der Waals surface area contributed by atoms with E-state index in [1.807, 2.05) is 20.8 Å². The molecule has 1 saturated heterocycles. The zero-order chi connectivity index (χ0) is 23.0. The van der Waals surface area contributed by atoms with Gasteiger partial charge in [-0.1, -0.05) is 11.3 Å². The van der Waals surface area contributed by atoms with Gasteiger partial charge in [-0.3, -0.25) is 9.78 Å². The van der Waals surface area contributed by atoms with E-state index in [1.165, 1.54) is 0 Å². The van der Waals surface area contributed by atoms with Crippen molar-refractivity contribution in [2.24, 2.45) is 0 Å². The molecule has 7 nitrogen and oxygen atoms in total. The topological polar surface area (TPSA) is 80.5 Å². The Morgan fingerprint density at radius 2 is 1.75 bits per heavy atom. The van der Waals surface area contributed by atoms with E-state index in [-0.39, 0.29) is 18.1 Å². The van der Waals surface area contributed by atoms with Crippen LogP contribution in [0.25, 0.3) is 10.4 Å². The molecule has 0 spiro atoms. The highest BCUT2D eigenvalue weighted by molar-refractivity contribution is 7.19. The van der Waals surface area contributed by atoms with E-state index in [9.17, 15) is 4.79 Å². The Bertz CT molecular complexity index is 1110. The van der Waals surface area contributed by atoms with Crippen LogP contribution < -0.4 is 10.2 Å². The highest BCUT2D eigenvalue weighted by Crippen LogP contribution is 2.36. The summed E-state index contributed by atoms with van der Waals surface area (Å²) in [5.41, 5.74) is 4.41. The van der Waals surface area contributed by atoms with Crippen molar-refractivity contribution in [1.82, 2.24) is 15.3 Å². The molecule has 0 radical (unpaired) electrons. The van der Waals surface area contributed by atoms with Crippen molar-refractivity contribution >= 4 is 22.4 Å². The first-order valence-electron chi connectivity index (χ1n) is 10.9. The molecule has 32 heavy (non-hydrogen) atoms. The quantitative estimate of drug-likeness (QED) is 0.608. The van der Waals surface area contributed by atoms with E-state index in [1.54, 1.807) is 24.3 Å². The summed E-state index contributed by atoms with van der Waals surface area (Å²) in [5.74, 6) is 1.19. The predicted octanol–water partition coefficient (Wildman–Crippen LogP) is 4.58. The number of aryl methyl sites for hydroxylation is 4. The molecule has 2 atom stereocenters. The average molecular weight is 455 g/mol. The molecule has 1 aliphatic heterocycles. The lowest BCUT2D eigenvalue weighted by Crippen LogP contribution is -2.45. The second-order valence-corrected chi connectivity index (χ2v) is 9.56. The van der Waals surface area contributed by atoms with E-state index in [0.29, 0.717) is 17.9 Å². The van der Waals surface area contributed by atoms with E-state index >= 15 is 0 Å². The fraction of sp³-hybridized carbons (Fsp3) is 0.458. The number of pyridine rings is 1. The molecule has 1 fully saturated rings. The van der Waals surface area contributed by atoms with Crippen LogP contribution in [0.3, 0.4) is 0 Å². The maximum Gasteiger partial charge on any atom is 0.255 e. The Morgan fingerprint density at radius 3 is 2.34 bits per heavy atom. The number of nitrogens with one attached hydrogen (secondary N) is 1. The number of carbonyl (C=O) groups is 1. The second kappa shape index (κ2) is 9.03. The van der Waals surface area contributed by atoms with E-state index < -0.39 is 0 Å². The first-order valence-corrected chi connectivity index (χ1v) is 11.7. The predicted molar refractivity (Wildman–Crippen MR) is 126 cm³/mol. The standard InChI is InChI=1S/C24H30N4O3S/c1-13-7-19(8-14(2)26-13)22-21(10-25-23(29)20-9-15(3)31-18(20)6)27-24(32-22)28-11-16(4)30-17(5)12-28/h7-9,16-17H,10-12H2,1-6H3,(H,25,29)/t16-,17+. The molecule has 0 unspecified atom stereocenters. The molecular weight excluding hydrogens is 424 g/mol. The van der Waals surface area contributed by atoms with Crippen LogP contribution in [0.2, 0.25) is 0 Å². The van der Waals surface area contributed by atoms with Gasteiger partial charge < -0.3 is 19.4 Å². The lowest BCUT2D eigenvalue weighted by molar-refractivity contribution is -0.00523. The van der Waals surface area contributed by atoms with Crippen molar-refractivity contribution in [3.05, 3.63) is 52.4 Å². The van der Waals surface area contributed by atoms with E-state index in [2.05, 4.69) is 41.2 Å². The molecule has 0 aromatic carbocycles. The number of thiazole rings is 1. The van der Waals surface area contributed by atoms with Gasteiger partial charge in [0.25, 0.3) is 5.91 Å². The van der Waals surface area contributed by atoms with Gasteiger partial charge in [0.15, 0.2) is 5.13 Å². The molecule has 1 aliphatic rings. The monoisotopic (exact) mass is 454 g/mol. The van der Waals surface area contributed by atoms with Crippen molar-refractivity contribution < 1.29 is 13.9 Å². The van der Waals surface area contributed by atoms with Crippen LogP contribution in [0.4, 0.5) is 5.13 Å². The van der Waals surface area contributed by atoms with Gasteiger partial charge in [-0.25, -0.2) is 4.98 Å². The number of morpholine rings is 1. The van der Waals surface area contributed by atoms with Crippen LogP contribution >= 0.6 is 11.3 Å². The maximum absolute atomic E-state index is 12.8. The summed E-state index contributed by atoms with van der Waals surface area (Å²) in [5, 5.41) is 3.98. The minimum absolute atomic E-state index is 0.145. The van der Waals surface area contributed by atoms with Crippen LogP contribution in [0.15, 0.2) is 22.6 Å². The van der Waals surface area contributed by atoms with E-state index in [4.69, 9.17) is 14.1 Å². The number of rotatable bonds is 5. The molecule has 4 heterocycles. The number of anilines is 1. The third-order valence-corrected chi connectivity index (χ3v) is 6.63. The first kappa shape index (κ1) is 22.5. The summed E-state index contributed by atoms with van der Waals surface area (Å²) in [4.78, 5) is 25.6. The number of nitrogens with zero attached hydrogens (tertiary/aromatic N) is 3. The fourth-order valence-corrected chi connectivity index (χ4v) is 5.32. The summed E-state index contributed by atoms with van der Waals surface area (Å²) in [6.07, 6.45) is 0.291. The summed E-state index contributed by atoms with van der Waals surface area (Å²) in [6, 6.07) is 5.91. The minimum Gasteiger partial charge on any atom is -0.466 e. The highest BCUT2D eigenvalue weighted by Gasteiger charge is 2.26. The molecule has 4 rings (SSSR count). The largest absolute Gasteiger partial charge is 0.466 e. The molecule has 0 aliphatic carbocycles. The van der Waals surface area contributed by atoms with Gasteiger partial charge in [-0.15, -0.1) is 0 Å². The number of ether oxygens (including phenoxy) is 1. The minimum atomic E-state index is -0.157. The Balaban J connectivity index is 1.65. The summed E-state index contributed by atoms with van der Waals surface area (Å²) < 4.78 is 11.4. The van der Waals surface area contributed by atoms with Crippen molar-refractivity contribution in [2.45, 2.75) is 60.3 Å². The number of hydrogen-bond acceptors (Lipinski definition) is 7. The van der Waals surface area contributed by atoms with Crippen molar-refractivity contribution in [1.29, 1.82) is 0 Å². The molecule has 0 saturated carbocycles. The van der Waals surface area contributed by atoms with Gasteiger partial charge in [0.1, 0.15) is 11.5 Å². The normalized spacial score (nSPS) is 18.8. The summed E-state index contributed by atoms with van der Waals surface area (Å²) >= 11 is 1.66. The Kier molecular flexibility index (Phi) is 6.35. The van der Waals surface area contributed by atoms with Gasteiger partial charge in [0, 0.05) is 24.5 Å². The number of hydrogen-bond donors (Lipinski definition) is 1. The van der Waals surface area contributed by atoms with Gasteiger partial charge in [-0.2, -0.15) is 0 Å². The van der Waals surface area contributed by atoms with Crippen molar-refractivity contribution in [3.8, 4) is 10.4 Å². The van der Waals surface area contributed by atoms with Crippen LogP contribution in [0.5, 0.6) is 0 Å². The number of furan rings is 1. The first-order chi connectivity index (χ1) is 15.2. The lowest BCUT2D eigenvalue weighted by atomic mass is 10.1. The number of amides is 1. The Morgan fingerprint density at radius 1 is 1.09 bits per heavy atom. The summed E-state index contributed by atoms with van der Waals surface area (Å²) in [7, 11) is 0. The number of carbonyl (C=O) groups excluding carboxylic acids is 1. The smallest absolute Gasteiger partial charge is 0.255 e. The summed E-state index contributed by atoms with van der Waals surface area (Å²) in [6.45, 7) is 13.7. The van der Waals surface area contributed by atoms with Gasteiger partial charge in [0.2, 0.25) is 0 Å². The lowest BCUT2D eigenvalue weighted by Gasteiger charge is -2.35. The Labute approximate surface area is 192 Å². The fourth-order valence-electron chi connectivity index (χ4n) is 4.23. The van der Waals surface area contributed by atoms with Crippen molar-refractivity contribution in [2.75, 3.05) is 18.0 Å². The molecule has 1 amide bonds. The molecule has 0 bridgehead atoms.